The molecule has 2 unspecified atom stereocenters. The maximum Gasteiger partial charge on any atom is 0.319 e. The van der Waals surface area contributed by atoms with Crippen LogP contribution in [0.3, 0.4) is 0 Å². The van der Waals surface area contributed by atoms with E-state index in [2.05, 4.69) is 27.8 Å². The molecular formula is C19H30N4O2. The predicted octanol–water partition coefficient (Wildman–Crippen LogP) is 2.08. The molecule has 2 aliphatic rings. The summed E-state index contributed by atoms with van der Waals surface area (Å²) < 4.78 is 0. The molecule has 2 amide bonds. The van der Waals surface area contributed by atoms with Crippen LogP contribution in [0.25, 0.3) is 0 Å². The van der Waals surface area contributed by atoms with E-state index in [9.17, 15) is 9.90 Å². The molecule has 0 bridgehead atoms. The van der Waals surface area contributed by atoms with Gasteiger partial charge in [-0.15, -0.1) is 0 Å². The summed E-state index contributed by atoms with van der Waals surface area (Å²) in [5, 5.41) is 19.3. The van der Waals surface area contributed by atoms with Crippen molar-refractivity contribution in [2.75, 3.05) is 31.5 Å². The summed E-state index contributed by atoms with van der Waals surface area (Å²) in [6.07, 6.45) is 4.32. The summed E-state index contributed by atoms with van der Waals surface area (Å²) in [4.78, 5) is 14.1. The molecule has 138 valence electrons. The molecule has 1 aliphatic carbocycles. The maximum absolute atomic E-state index is 11.7. The first-order valence-corrected chi connectivity index (χ1v) is 9.41. The van der Waals surface area contributed by atoms with Crippen LogP contribution in [0.1, 0.15) is 44.2 Å². The number of hydrogen-bond acceptors (Lipinski definition) is 4. The summed E-state index contributed by atoms with van der Waals surface area (Å²) in [6.45, 7) is 5.63. The molecule has 1 aromatic rings. The molecule has 1 saturated carbocycles. The fourth-order valence-corrected chi connectivity index (χ4v) is 3.19. The number of urea groups is 1. The van der Waals surface area contributed by atoms with Crippen LogP contribution < -0.4 is 16.0 Å². The monoisotopic (exact) mass is 346 g/mol. The zero-order chi connectivity index (χ0) is 17.6. The minimum absolute atomic E-state index is 0.133. The Hall–Kier alpha value is -1.63. The molecule has 25 heavy (non-hydrogen) atoms. The summed E-state index contributed by atoms with van der Waals surface area (Å²) in [5.41, 5.74) is 1.93. The number of amides is 2. The largest absolute Gasteiger partial charge is 0.390 e. The van der Waals surface area contributed by atoms with Crippen molar-refractivity contribution in [1.82, 2.24) is 15.5 Å². The Morgan fingerprint density at radius 2 is 1.92 bits per heavy atom. The van der Waals surface area contributed by atoms with Gasteiger partial charge in [0.15, 0.2) is 0 Å². The molecule has 1 aromatic carbocycles. The van der Waals surface area contributed by atoms with E-state index in [4.69, 9.17) is 0 Å². The van der Waals surface area contributed by atoms with Gasteiger partial charge < -0.3 is 26.0 Å². The van der Waals surface area contributed by atoms with Gasteiger partial charge in [-0.05, 0) is 63.4 Å². The highest BCUT2D eigenvalue weighted by Crippen LogP contribution is 2.19. The zero-order valence-electron chi connectivity index (χ0n) is 15.0. The standard InChI is InChI=1S/C19H30N4O2/c1-14(20-12-18(24)13-23-10-2-3-11-23)15-4-6-16(7-5-15)21-19(25)22-17-8-9-17/h4-7,14,17-18,20,24H,2-3,8-13H2,1H3,(H2,21,22,25). The Kier molecular flexibility index (Phi) is 6.29. The van der Waals surface area contributed by atoms with Crippen molar-refractivity contribution in [2.45, 2.75) is 50.8 Å². The number of hydrogen-bond donors (Lipinski definition) is 4. The van der Waals surface area contributed by atoms with E-state index in [0.29, 0.717) is 12.6 Å². The van der Waals surface area contributed by atoms with E-state index in [1.807, 2.05) is 24.3 Å². The number of likely N-dealkylation sites (tertiary alicyclic amines) is 1. The van der Waals surface area contributed by atoms with Gasteiger partial charge in [-0.25, -0.2) is 4.79 Å². The second kappa shape index (κ2) is 8.65. The van der Waals surface area contributed by atoms with Crippen molar-refractivity contribution in [1.29, 1.82) is 0 Å². The van der Waals surface area contributed by atoms with Crippen LogP contribution in [0, 0.1) is 0 Å². The highest BCUT2D eigenvalue weighted by molar-refractivity contribution is 5.89. The molecule has 0 radical (unpaired) electrons. The van der Waals surface area contributed by atoms with Crippen LogP contribution in [-0.2, 0) is 0 Å². The van der Waals surface area contributed by atoms with E-state index in [1.54, 1.807) is 0 Å². The molecule has 3 rings (SSSR count). The van der Waals surface area contributed by atoms with Gasteiger partial charge >= 0.3 is 6.03 Å². The number of rotatable bonds is 8. The van der Waals surface area contributed by atoms with Crippen LogP contribution in [0.5, 0.6) is 0 Å². The van der Waals surface area contributed by atoms with Crippen molar-refractivity contribution in [3.63, 3.8) is 0 Å². The first-order chi connectivity index (χ1) is 12.1. The summed E-state index contributed by atoms with van der Waals surface area (Å²) >= 11 is 0. The molecule has 2 fully saturated rings. The Morgan fingerprint density at radius 1 is 1.24 bits per heavy atom. The minimum Gasteiger partial charge on any atom is -0.390 e. The minimum atomic E-state index is -0.340. The number of carbonyl (C=O) groups excluding carboxylic acids is 1. The highest BCUT2D eigenvalue weighted by atomic mass is 16.3. The lowest BCUT2D eigenvalue weighted by Crippen LogP contribution is -2.37. The normalized spacial score (nSPS) is 20.2. The number of nitrogens with one attached hydrogen (secondary N) is 3. The fourth-order valence-electron chi connectivity index (χ4n) is 3.19. The average Bonchev–Trinajstić information content (AvgIpc) is 3.26. The van der Waals surface area contributed by atoms with E-state index in [1.165, 1.54) is 12.8 Å². The van der Waals surface area contributed by atoms with Crippen molar-refractivity contribution >= 4 is 11.7 Å². The van der Waals surface area contributed by atoms with Crippen molar-refractivity contribution < 1.29 is 9.90 Å². The van der Waals surface area contributed by atoms with Crippen LogP contribution in [0.15, 0.2) is 24.3 Å². The Morgan fingerprint density at radius 3 is 2.56 bits per heavy atom. The van der Waals surface area contributed by atoms with E-state index in [0.717, 1.165) is 43.7 Å². The lowest BCUT2D eigenvalue weighted by Gasteiger charge is -2.22. The van der Waals surface area contributed by atoms with Gasteiger partial charge in [-0.2, -0.15) is 0 Å². The molecule has 6 heteroatoms. The zero-order valence-corrected chi connectivity index (χ0v) is 15.0. The van der Waals surface area contributed by atoms with Crippen LogP contribution >= 0.6 is 0 Å². The van der Waals surface area contributed by atoms with Crippen molar-refractivity contribution in [2.24, 2.45) is 0 Å². The molecule has 6 nitrogen and oxygen atoms in total. The summed E-state index contributed by atoms with van der Waals surface area (Å²) in [5.74, 6) is 0. The van der Waals surface area contributed by atoms with E-state index >= 15 is 0 Å². The first-order valence-electron chi connectivity index (χ1n) is 9.41. The summed E-state index contributed by atoms with van der Waals surface area (Å²) in [7, 11) is 0. The lowest BCUT2D eigenvalue weighted by atomic mass is 10.1. The van der Waals surface area contributed by atoms with E-state index in [-0.39, 0.29) is 18.2 Å². The third kappa shape index (κ3) is 5.99. The number of anilines is 1. The smallest absolute Gasteiger partial charge is 0.319 e. The lowest BCUT2D eigenvalue weighted by molar-refractivity contribution is 0.121. The Labute approximate surface area is 150 Å². The van der Waals surface area contributed by atoms with Crippen molar-refractivity contribution in [3.05, 3.63) is 29.8 Å². The summed E-state index contributed by atoms with van der Waals surface area (Å²) in [6, 6.07) is 8.24. The van der Waals surface area contributed by atoms with Gasteiger partial charge in [-0.3, -0.25) is 0 Å². The molecular weight excluding hydrogens is 316 g/mol. The van der Waals surface area contributed by atoms with Gasteiger partial charge in [0, 0.05) is 30.9 Å². The third-order valence-electron chi connectivity index (χ3n) is 4.91. The van der Waals surface area contributed by atoms with E-state index < -0.39 is 0 Å². The van der Waals surface area contributed by atoms with Crippen molar-refractivity contribution in [3.8, 4) is 0 Å². The number of carbonyl (C=O) groups is 1. The molecule has 2 atom stereocenters. The first kappa shape index (κ1) is 18.2. The van der Waals surface area contributed by atoms with Gasteiger partial charge in [0.2, 0.25) is 0 Å². The highest BCUT2D eigenvalue weighted by Gasteiger charge is 2.23. The second-order valence-corrected chi connectivity index (χ2v) is 7.29. The predicted molar refractivity (Wildman–Crippen MR) is 99.7 cm³/mol. The fraction of sp³-hybridized carbons (Fsp3) is 0.632. The van der Waals surface area contributed by atoms with Gasteiger partial charge in [0.25, 0.3) is 0 Å². The average molecular weight is 346 g/mol. The molecule has 1 heterocycles. The van der Waals surface area contributed by atoms with Gasteiger partial charge in [0.05, 0.1) is 6.10 Å². The molecule has 1 saturated heterocycles. The quantitative estimate of drug-likeness (QED) is 0.581. The topological polar surface area (TPSA) is 76.6 Å². The number of aliphatic hydroxyl groups excluding tert-OH is 1. The molecule has 0 spiro atoms. The van der Waals surface area contributed by atoms with Crippen LogP contribution in [-0.4, -0.2) is 54.4 Å². The number of β-amino-alcohol motifs (C(OH)–C–C–N with tert-alkyl or cyclic N) is 1. The van der Waals surface area contributed by atoms with Crippen LogP contribution in [0.4, 0.5) is 10.5 Å². The van der Waals surface area contributed by atoms with Gasteiger partial charge in [-0.1, -0.05) is 12.1 Å². The van der Waals surface area contributed by atoms with Crippen LogP contribution in [0.2, 0.25) is 0 Å². The maximum atomic E-state index is 11.7. The Balaban J connectivity index is 1.40. The molecule has 4 N–H and O–H groups in total. The number of aliphatic hydroxyl groups is 1. The number of nitrogens with zero attached hydrogens (tertiary/aromatic N) is 1. The van der Waals surface area contributed by atoms with Gasteiger partial charge in [0.1, 0.15) is 0 Å². The Bertz CT molecular complexity index is 553. The third-order valence-corrected chi connectivity index (χ3v) is 4.91. The SMILES string of the molecule is CC(NCC(O)CN1CCCC1)c1ccc(NC(=O)NC2CC2)cc1. The number of benzene rings is 1. The molecule has 1 aliphatic heterocycles. The second-order valence-electron chi connectivity index (χ2n) is 7.29. The molecule has 0 aromatic heterocycles.